The second kappa shape index (κ2) is 9.89. The average Bonchev–Trinajstić information content (AvgIpc) is 2.66. The van der Waals surface area contributed by atoms with Gasteiger partial charge in [0.25, 0.3) is 0 Å². The van der Waals surface area contributed by atoms with E-state index in [1.807, 2.05) is 60.7 Å². The molecule has 0 aliphatic carbocycles. The molecule has 4 heteroatoms. The van der Waals surface area contributed by atoms with Gasteiger partial charge in [-0.2, -0.15) is 0 Å². The van der Waals surface area contributed by atoms with E-state index < -0.39 is 5.41 Å². The first-order valence-corrected chi connectivity index (χ1v) is 9.23. The zero-order valence-electron chi connectivity index (χ0n) is 16.1. The summed E-state index contributed by atoms with van der Waals surface area (Å²) in [6.45, 7) is 7.67. The summed E-state index contributed by atoms with van der Waals surface area (Å²) in [4.78, 5) is 12.7. The van der Waals surface area contributed by atoms with E-state index in [-0.39, 0.29) is 22.9 Å². The van der Waals surface area contributed by atoms with Crippen LogP contribution in [0.4, 0.5) is 0 Å². The molecule has 0 fully saturated rings. The van der Waals surface area contributed by atoms with Gasteiger partial charge in [0.05, 0.1) is 32.1 Å². The van der Waals surface area contributed by atoms with Gasteiger partial charge in [-0.1, -0.05) is 60.7 Å². The number of carbonyl (C=O) groups is 1. The van der Waals surface area contributed by atoms with Crippen molar-refractivity contribution < 1.29 is 26.3 Å². The molecule has 142 valence electrons. The molecule has 0 atom stereocenters. The summed E-state index contributed by atoms with van der Waals surface area (Å²) in [6, 6.07) is 19.9. The normalized spacial score (nSPS) is 11.7. The molecule has 0 bridgehead atoms. The Kier molecular flexibility index (Phi) is 8.51. The second-order valence-corrected chi connectivity index (χ2v) is 7.08. The van der Waals surface area contributed by atoms with Crippen LogP contribution in [-0.4, -0.2) is 37.1 Å². The summed E-state index contributed by atoms with van der Waals surface area (Å²) in [6.07, 6.45) is 1.68. The molecule has 1 amide bonds. The summed E-state index contributed by atoms with van der Waals surface area (Å²) in [5, 5.41) is 0. The number of hydrogen-bond donors (Lipinski definition) is 1. The summed E-state index contributed by atoms with van der Waals surface area (Å²) in [5.74, 6) is -0.271. The van der Waals surface area contributed by atoms with Gasteiger partial charge in [0.1, 0.15) is 0 Å². The highest BCUT2D eigenvalue weighted by Crippen LogP contribution is 2.37. The molecule has 0 unspecified atom stereocenters. The highest BCUT2D eigenvalue weighted by molar-refractivity contribution is 5.90. The second-order valence-electron chi connectivity index (χ2n) is 7.08. The molecule has 3 nitrogen and oxygen atoms in total. The van der Waals surface area contributed by atoms with Crippen molar-refractivity contribution in [2.45, 2.75) is 32.1 Å². The first-order chi connectivity index (χ1) is 12.0. The van der Waals surface area contributed by atoms with Crippen LogP contribution in [0, 0.1) is 0 Å². The maximum Gasteiger partial charge on any atom is 0.232 e. The third-order valence-electron chi connectivity index (χ3n) is 5.73. The number of quaternary nitrogens is 1. The topological polar surface area (TPSA) is 43.1 Å². The summed E-state index contributed by atoms with van der Waals surface area (Å²) < 4.78 is 1.01. The molecule has 0 saturated carbocycles. The zero-order chi connectivity index (χ0) is 18.3. The molecule has 26 heavy (non-hydrogen) atoms. The minimum absolute atomic E-state index is 0. The molecule has 2 N–H and O–H groups in total. The fraction of sp³-hybridized carbons (Fsp3) is 0.409. The first-order valence-electron chi connectivity index (χ1n) is 9.23. The third-order valence-corrected chi connectivity index (χ3v) is 5.73. The van der Waals surface area contributed by atoms with E-state index in [4.69, 9.17) is 5.73 Å². The van der Waals surface area contributed by atoms with E-state index >= 15 is 0 Å². The highest BCUT2D eigenvalue weighted by Gasteiger charge is 2.40. The number of nitrogens with two attached hydrogens (primary N) is 1. The first kappa shape index (κ1) is 22.4. The number of hydrogen-bond acceptors (Lipinski definition) is 1. The average molecular weight is 419 g/mol. The maximum atomic E-state index is 12.7. The van der Waals surface area contributed by atoms with Gasteiger partial charge in [-0.25, -0.2) is 0 Å². The van der Waals surface area contributed by atoms with Gasteiger partial charge in [-0.3, -0.25) is 4.79 Å². The summed E-state index contributed by atoms with van der Waals surface area (Å²) >= 11 is 0. The Bertz CT molecular complexity index is 630. The molecule has 0 heterocycles. The van der Waals surface area contributed by atoms with Crippen LogP contribution in [0.3, 0.4) is 0 Å². The minimum atomic E-state index is -0.769. The van der Waals surface area contributed by atoms with Gasteiger partial charge >= 0.3 is 0 Å². The van der Waals surface area contributed by atoms with Crippen molar-refractivity contribution in [2.24, 2.45) is 5.73 Å². The van der Waals surface area contributed by atoms with Crippen LogP contribution in [0.25, 0.3) is 0 Å². The Labute approximate surface area is 168 Å². The van der Waals surface area contributed by atoms with E-state index in [2.05, 4.69) is 20.9 Å². The predicted octanol–water partition coefficient (Wildman–Crippen LogP) is 0.729. The van der Waals surface area contributed by atoms with Gasteiger partial charge in [0.15, 0.2) is 0 Å². The molecule has 0 aliphatic rings. The standard InChI is InChI=1S/C22H30N2O.BrH/c1-4-24(3,5-2)18-12-17-22(21(23)25,19-13-8-6-9-14-19)20-15-10-7-11-16-20;/h6-11,13-16H,4-5,12,17-18H2,1-3H3,(H-,23,25);1H. The molecule has 2 rings (SSSR count). The number of rotatable bonds is 9. The minimum Gasteiger partial charge on any atom is -1.00 e. The number of benzene rings is 2. The number of carbonyl (C=O) groups excluding carboxylic acids is 1. The number of primary amides is 1. The molecule has 0 saturated heterocycles. The predicted molar refractivity (Wildman–Crippen MR) is 104 cm³/mol. The van der Waals surface area contributed by atoms with Gasteiger partial charge in [0.2, 0.25) is 5.91 Å². The molecular weight excluding hydrogens is 388 g/mol. The maximum absolute atomic E-state index is 12.7. The molecule has 2 aromatic carbocycles. The Balaban J connectivity index is 0.00000338. The highest BCUT2D eigenvalue weighted by atomic mass is 79.9. The third kappa shape index (κ3) is 4.74. The van der Waals surface area contributed by atoms with Crippen molar-refractivity contribution in [1.29, 1.82) is 0 Å². The molecule has 0 radical (unpaired) electrons. The number of halogens is 1. The van der Waals surface area contributed by atoms with Crippen molar-refractivity contribution in [2.75, 3.05) is 26.7 Å². The Morgan fingerprint density at radius 3 is 1.69 bits per heavy atom. The Hall–Kier alpha value is -1.65. The molecular formula is C22H31BrN2O. The number of nitrogens with zero attached hydrogens (tertiary/aromatic N) is 1. The fourth-order valence-electron chi connectivity index (χ4n) is 3.57. The van der Waals surface area contributed by atoms with E-state index in [0.717, 1.165) is 48.1 Å². The van der Waals surface area contributed by atoms with Crippen molar-refractivity contribution in [3.05, 3.63) is 71.8 Å². The van der Waals surface area contributed by atoms with E-state index in [9.17, 15) is 4.79 Å². The number of amides is 1. The summed E-state index contributed by atoms with van der Waals surface area (Å²) in [5.41, 5.74) is 7.20. The van der Waals surface area contributed by atoms with Gasteiger partial charge in [0, 0.05) is 0 Å². The smallest absolute Gasteiger partial charge is 0.232 e. The molecule has 2 aromatic rings. The SMILES string of the molecule is CC[N+](C)(CC)CCCC(C(N)=O)(c1ccccc1)c1ccccc1.[Br-]. The van der Waals surface area contributed by atoms with Crippen LogP contribution in [0.2, 0.25) is 0 Å². The summed E-state index contributed by atoms with van der Waals surface area (Å²) in [7, 11) is 2.27. The van der Waals surface area contributed by atoms with Crippen molar-refractivity contribution in [1.82, 2.24) is 0 Å². The van der Waals surface area contributed by atoms with Gasteiger partial charge < -0.3 is 27.2 Å². The lowest BCUT2D eigenvalue weighted by Gasteiger charge is -2.36. The van der Waals surface area contributed by atoms with Crippen LogP contribution in [0.1, 0.15) is 37.8 Å². The monoisotopic (exact) mass is 418 g/mol. The van der Waals surface area contributed by atoms with Crippen LogP contribution in [0.5, 0.6) is 0 Å². The van der Waals surface area contributed by atoms with Gasteiger partial charge in [-0.05, 0) is 37.8 Å². The molecule has 0 spiro atoms. The lowest BCUT2D eigenvalue weighted by atomic mass is 9.70. The molecule has 0 aliphatic heterocycles. The van der Waals surface area contributed by atoms with Crippen molar-refractivity contribution in [3.8, 4) is 0 Å². The Morgan fingerprint density at radius 1 is 0.923 bits per heavy atom. The quantitative estimate of drug-likeness (QED) is 0.599. The van der Waals surface area contributed by atoms with Crippen LogP contribution >= 0.6 is 0 Å². The fourth-order valence-corrected chi connectivity index (χ4v) is 3.57. The lowest BCUT2D eigenvalue weighted by Crippen LogP contribution is -3.00. The molecule has 0 aromatic heterocycles. The van der Waals surface area contributed by atoms with E-state index in [0.29, 0.717) is 0 Å². The van der Waals surface area contributed by atoms with E-state index in [1.54, 1.807) is 0 Å². The lowest BCUT2D eigenvalue weighted by molar-refractivity contribution is -0.906. The van der Waals surface area contributed by atoms with Crippen LogP contribution in [0.15, 0.2) is 60.7 Å². The van der Waals surface area contributed by atoms with Crippen LogP contribution < -0.4 is 22.7 Å². The van der Waals surface area contributed by atoms with Crippen molar-refractivity contribution >= 4 is 5.91 Å². The largest absolute Gasteiger partial charge is 1.00 e. The van der Waals surface area contributed by atoms with Crippen molar-refractivity contribution in [3.63, 3.8) is 0 Å². The van der Waals surface area contributed by atoms with Crippen LogP contribution in [-0.2, 0) is 10.2 Å². The van der Waals surface area contributed by atoms with E-state index in [1.165, 1.54) is 0 Å². The Morgan fingerprint density at radius 2 is 1.35 bits per heavy atom. The van der Waals surface area contributed by atoms with Gasteiger partial charge in [-0.15, -0.1) is 0 Å². The zero-order valence-corrected chi connectivity index (χ0v) is 17.7.